The number of fused-ring (bicyclic) bond motifs is 1. The Morgan fingerprint density at radius 2 is 1.82 bits per heavy atom. The Bertz CT molecular complexity index is 1590. The monoisotopic (exact) mass is 474 g/mol. The average molecular weight is 475 g/mol. The third kappa shape index (κ3) is 4.33. The molecule has 0 saturated carbocycles. The van der Waals surface area contributed by atoms with Crippen LogP contribution in [0.15, 0.2) is 67.1 Å². The second-order valence-electron chi connectivity index (χ2n) is 7.91. The van der Waals surface area contributed by atoms with Gasteiger partial charge in [-0.1, -0.05) is 6.07 Å². The maximum absolute atomic E-state index is 11.5. The van der Waals surface area contributed by atoms with Gasteiger partial charge in [-0.2, -0.15) is 5.10 Å². The van der Waals surface area contributed by atoms with Crippen molar-refractivity contribution in [2.24, 2.45) is 0 Å². The van der Waals surface area contributed by atoms with Gasteiger partial charge in [0.1, 0.15) is 12.0 Å². The first kappa shape index (κ1) is 21.6. The van der Waals surface area contributed by atoms with Crippen molar-refractivity contribution in [2.45, 2.75) is 6.92 Å². The number of rotatable bonds is 6. The van der Waals surface area contributed by atoms with Crippen LogP contribution in [0.5, 0.6) is 0 Å². The fourth-order valence-corrected chi connectivity index (χ4v) is 4.21. The maximum Gasteiger partial charge on any atom is 0.229 e. The summed E-state index contributed by atoms with van der Waals surface area (Å²) in [6.45, 7) is 1.94. The van der Waals surface area contributed by atoms with Crippen LogP contribution >= 0.6 is 0 Å². The van der Waals surface area contributed by atoms with E-state index in [-0.39, 0.29) is 0 Å². The molecule has 172 valence electrons. The van der Waals surface area contributed by atoms with Crippen LogP contribution in [0, 0.1) is 6.92 Å². The first-order valence-corrected chi connectivity index (χ1v) is 12.3. The van der Waals surface area contributed by atoms with Crippen LogP contribution in [0.4, 0.5) is 17.3 Å². The van der Waals surface area contributed by atoms with Gasteiger partial charge in [0.05, 0.1) is 17.6 Å². The molecule has 0 bridgehead atoms. The normalized spacial score (nSPS) is 11.6. The lowest BCUT2D eigenvalue weighted by Gasteiger charge is -2.16. The number of nitrogens with zero attached hydrogens (tertiary/aromatic N) is 6. The molecule has 0 aliphatic carbocycles. The third-order valence-electron chi connectivity index (χ3n) is 5.26. The summed E-state index contributed by atoms with van der Waals surface area (Å²) in [6.07, 6.45) is 4.51. The molecule has 0 aliphatic heterocycles. The van der Waals surface area contributed by atoms with Crippen molar-refractivity contribution in [2.75, 3.05) is 22.9 Å². The largest absolute Gasteiger partial charge is 0.322 e. The number of hydrogen-bond acceptors (Lipinski definition) is 7. The Labute approximate surface area is 196 Å². The molecule has 0 spiro atoms. The fourth-order valence-electron chi connectivity index (χ4n) is 3.64. The minimum Gasteiger partial charge on any atom is -0.322 e. The van der Waals surface area contributed by atoms with Crippen LogP contribution in [0.25, 0.3) is 28.3 Å². The van der Waals surface area contributed by atoms with Crippen LogP contribution in [0.3, 0.4) is 0 Å². The molecule has 2 N–H and O–H groups in total. The molecule has 0 unspecified atom stereocenters. The Morgan fingerprint density at radius 1 is 1.03 bits per heavy atom. The molecule has 4 heterocycles. The van der Waals surface area contributed by atoms with Gasteiger partial charge in [-0.3, -0.25) is 9.71 Å². The van der Waals surface area contributed by atoms with Gasteiger partial charge in [-0.25, -0.2) is 22.9 Å². The highest BCUT2D eigenvalue weighted by Crippen LogP contribution is 2.33. The molecule has 0 atom stereocenters. The number of benzene rings is 1. The minimum absolute atomic E-state index is 0.491. The summed E-state index contributed by atoms with van der Waals surface area (Å²) in [5.41, 5.74) is 6.10. The van der Waals surface area contributed by atoms with Gasteiger partial charge < -0.3 is 9.88 Å². The zero-order valence-electron chi connectivity index (χ0n) is 18.8. The Morgan fingerprint density at radius 3 is 2.56 bits per heavy atom. The number of H-pyrrole nitrogens is 1. The summed E-state index contributed by atoms with van der Waals surface area (Å²) in [6, 6.07) is 16.7. The highest BCUT2D eigenvalue weighted by atomic mass is 32.2. The molecule has 0 amide bonds. The van der Waals surface area contributed by atoms with Crippen LogP contribution in [0.1, 0.15) is 5.69 Å². The van der Waals surface area contributed by atoms with Crippen molar-refractivity contribution in [1.82, 2.24) is 29.5 Å². The molecule has 11 heteroatoms. The van der Waals surface area contributed by atoms with Gasteiger partial charge in [0.15, 0.2) is 5.65 Å². The van der Waals surface area contributed by atoms with Crippen molar-refractivity contribution in [1.29, 1.82) is 0 Å². The van der Waals surface area contributed by atoms with E-state index in [1.807, 2.05) is 67.5 Å². The molecule has 34 heavy (non-hydrogen) atoms. The van der Waals surface area contributed by atoms with E-state index in [9.17, 15) is 8.42 Å². The quantitative estimate of drug-likeness (QED) is 0.385. The zero-order valence-corrected chi connectivity index (χ0v) is 19.6. The lowest BCUT2D eigenvalue weighted by atomic mass is 10.1. The summed E-state index contributed by atoms with van der Waals surface area (Å²) in [5, 5.41) is 4.24. The lowest BCUT2D eigenvalue weighted by Crippen LogP contribution is -2.12. The topological polar surface area (TPSA) is 121 Å². The minimum atomic E-state index is -3.34. The van der Waals surface area contributed by atoms with Gasteiger partial charge in [0.2, 0.25) is 16.0 Å². The molecular weight excluding hydrogens is 452 g/mol. The van der Waals surface area contributed by atoms with E-state index in [1.54, 1.807) is 16.6 Å². The summed E-state index contributed by atoms with van der Waals surface area (Å²) in [4.78, 5) is 19.1. The number of nitrogens with one attached hydrogen (secondary N) is 2. The summed E-state index contributed by atoms with van der Waals surface area (Å²) < 4.78 is 27.1. The number of sulfonamides is 1. The highest BCUT2D eigenvalue weighted by molar-refractivity contribution is 7.92. The van der Waals surface area contributed by atoms with Crippen molar-refractivity contribution in [3.8, 4) is 22.6 Å². The summed E-state index contributed by atoms with van der Waals surface area (Å²) in [5.74, 6) is 0.607. The van der Waals surface area contributed by atoms with Crippen molar-refractivity contribution in [3.63, 3.8) is 0 Å². The highest BCUT2D eigenvalue weighted by Gasteiger charge is 2.19. The van der Waals surface area contributed by atoms with E-state index in [4.69, 9.17) is 4.98 Å². The fraction of sp³-hybridized carbons (Fsp3) is 0.130. The number of aromatic amines is 1. The van der Waals surface area contributed by atoms with E-state index in [0.717, 1.165) is 45.9 Å². The summed E-state index contributed by atoms with van der Waals surface area (Å²) >= 11 is 0. The van der Waals surface area contributed by atoms with Crippen molar-refractivity contribution >= 4 is 33.0 Å². The molecule has 0 aliphatic rings. The van der Waals surface area contributed by atoms with E-state index in [0.29, 0.717) is 11.6 Å². The number of aromatic nitrogens is 6. The number of aryl methyl sites for hydroxylation is 1. The first-order chi connectivity index (χ1) is 16.3. The Balaban J connectivity index is 1.57. The first-order valence-electron chi connectivity index (χ1n) is 10.4. The van der Waals surface area contributed by atoms with Crippen molar-refractivity contribution < 1.29 is 8.42 Å². The second kappa shape index (κ2) is 8.27. The molecular formula is C23H22N8O2S. The number of anilines is 3. The van der Waals surface area contributed by atoms with Crippen LogP contribution in [-0.4, -0.2) is 51.3 Å². The van der Waals surface area contributed by atoms with Gasteiger partial charge >= 0.3 is 0 Å². The van der Waals surface area contributed by atoms with E-state index in [2.05, 4.69) is 24.8 Å². The standard InChI is InChI=1S/C23H22N8O2S/c1-15-5-4-6-19(26-15)22-21(16-7-12-20-24-14-25-31(20)13-16)27-23(28-22)30(2)18-10-8-17(9-11-18)29-34(3,32)33/h4-14,29H,1-3H3,(H,27,28). The van der Waals surface area contributed by atoms with E-state index in [1.165, 1.54) is 6.33 Å². The zero-order chi connectivity index (χ0) is 23.9. The average Bonchev–Trinajstić information content (AvgIpc) is 3.45. The number of imidazole rings is 1. The van der Waals surface area contributed by atoms with E-state index >= 15 is 0 Å². The van der Waals surface area contributed by atoms with Gasteiger partial charge in [0.25, 0.3) is 0 Å². The Hall–Kier alpha value is -4.25. The predicted octanol–water partition coefficient (Wildman–Crippen LogP) is 3.63. The molecule has 10 nitrogen and oxygen atoms in total. The molecule has 1 aromatic carbocycles. The van der Waals surface area contributed by atoms with Gasteiger partial charge in [0, 0.05) is 35.9 Å². The SMILES string of the molecule is Cc1cccc(-c2[nH]c(N(C)c3ccc(NS(C)(=O)=O)cc3)nc2-c2ccc3ncnn3c2)n1. The molecule has 4 aromatic heterocycles. The molecule has 5 aromatic rings. The maximum atomic E-state index is 11.5. The van der Waals surface area contributed by atoms with Crippen LogP contribution in [-0.2, 0) is 10.0 Å². The molecule has 0 saturated heterocycles. The second-order valence-corrected chi connectivity index (χ2v) is 9.66. The smallest absolute Gasteiger partial charge is 0.229 e. The van der Waals surface area contributed by atoms with Gasteiger partial charge in [-0.05, 0) is 55.5 Å². The van der Waals surface area contributed by atoms with Crippen LogP contribution < -0.4 is 9.62 Å². The van der Waals surface area contributed by atoms with Gasteiger partial charge in [-0.15, -0.1) is 0 Å². The number of pyridine rings is 2. The molecule has 0 radical (unpaired) electrons. The molecule has 5 rings (SSSR count). The van der Waals surface area contributed by atoms with Crippen LogP contribution in [0.2, 0.25) is 0 Å². The van der Waals surface area contributed by atoms with E-state index < -0.39 is 10.0 Å². The number of hydrogen-bond donors (Lipinski definition) is 2. The Kier molecular flexibility index (Phi) is 5.25. The molecule has 0 fully saturated rings. The predicted molar refractivity (Wildman–Crippen MR) is 132 cm³/mol. The summed E-state index contributed by atoms with van der Waals surface area (Å²) in [7, 11) is -1.46. The lowest BCUT2D eigenvalue weighted by molar-refractivity contribution is 0.607. The van der Waals surface area contributed by atoms with Crippen molar-refractivity contribution in [3.05, 3.63) is 72.8 Å². The third-order valence-corrected chi connectivity index (χ3v) is 5.87.